The maximum absolute atomic E-state index is 12.1. The molecular formula is C26H47NO10S. The van der Waals surface area contributed by atoms with Crippen LogP contribution < -0.4 is 5.73 Å². The van der Waals surface area contributed by atoms with Crippen LogP contribution in [0.15, 0.2) is 0 Å². The van der Waals surface area contributed by atoms with Crippen molar-refractivity contribution >= 4 is 33.9 Å². The minimum absolute atomic E-state index is 0.196. The molecule has 0 aromatic rings. The number of carbonyl (C=O) groups excluding carboxylic acids is 2. The second-order valence-electron chi connectivity index (χ2n) is 9.98. The number of carbonyl (C=O) groups is 4. The molecule has 222 valence electrons. The maximum atomic E-state index is 12.1. The lowest BCUT2D eigenvalue weighted by molar-refractivity contribution is -0.161. The molecule has 0 aromatic heterocycles. The first-order valence-electron chi connectivity index (χ1n) is 13.8. The number of hydrogen-bond acceptors (Lipinski definition) is 7. The number of aliphatic carboxylic acids is 2. The van der Waals surface area contributed by atoms with E-state index in [1.54, 1.807) is 0 Å². The van der Waals surface area contributed by atoms with Crippen LogP contribution in [0.25, 0.3) is 0 Å². The summed E-state index contributed by atoms with van der Waals surface area (Å²) in [5.74, 6) is -8.37. The van der Waals surface area contributed by atoms with Crippen LogP contribution in [0.5, 0.6) is 0 Å². The second-order valence-corrected chi connectivity index (χ2v) is 11.7. The summed E-state index contributed by atoms with van der Waals surface area (Å²) < 4.78 is 35.7. The van der Waals surface area contributed by atoms with E-state index in [2.05, 4.69) is 11.7 Å². The van der Waals surface area contributed by atoms with E-state index in [0.717, 1.165) is 25.7 Å². The predicted octanol–water partition coefficient (Wildman–Crippen LogP) is 4.47. The third kappa shape index (κ3) is 14.7. The largest absolute Gasteiger partial charge is 0.481 e. The van der Waals surface area contributed by atoms with Gasteiger partial charge in [-0.1, -0.05) is 110 Å². The Bertz CT molecular complexity index is 816. The summed E-state index contributed by atoms with van der Waals surface area (Å²) in [6.07, 6.45) is 15.9. The van der Waals surface area contributed by atoms with Crippen molar-refractivity contribution in [1.29, 1.82) is 0 Å². The van der Waals surface area contributed by atoms with Gasteiger partial charge in [0.25, 0.3) is 10.1 Å². The summed E-state index contributed by atoms with van der Waals surface area (Å²) in [4.78, 5) is 46.0. The lowest BCUT2D eigenvalue weighted by atomic mass is 9.95. The number of unbranched alkanes of at least 4 members (excludes halogenated alkanes) is 15. The van der Waals surface area contributed by atoms with Crippen LogP contribution in [-0.4, -0.2) is 58.4 Å². The average Bonchev–Trinajstić information content (AvgIpc) is 2.81. The Balaban J connectivity index is 4.38. The van der Waals surface area contributed by atoms with Gasteiger partial charge in [-0.15, -0.1) is 0 Å². The van der Waals surface area contributed by atoms with Gasteiger partial charge in [0.2, 0.25) is 5.91 Å². The molecule has 0 radical (unpaired) electrons. The van der Waals surface area contributed by atoms with E-state index >= 15 is 0 Å². The topological polar surface area (TPSA) is 198 Å². The molecule has 0 aliphatic heterocycles. The van der Waals surface area contributed by atoms with Gasteiger partial charge in [0.05, 0.1) is 6.42 Å². The minimum atomic E-state index is -5.12. The normalized spacial score (nSPS) is 13.2. The average molecular weight is 566 g/mol. The minimum Gasteiger partial charge on any atom is -0.481 e. The molecule has 0 spiro atoms. The standard InChI is InChI=1S/C26H47NO10S/c1-2-3-4-5-6-7-8-9-10-11-12-13-14-15-16-17-18-26(25(27)33,38(34,35)36)19-22(28)37-20-21(23(29)30)24(31)32/h21H,2-20H2,1H3,(H2,27,33)(H,29,30)(H,31,32)(H,34,35,36). The molecule has 0 aliphatic carbocycles. The Morgan fingerprint density at radius 3 is 1.42 bits per heavy atom. The molecule has 0 saturated heterocycles. The number of hydrogen-bond donors (Lipinski definition) is 4. The van der Waals surface area contributed by atoms with E-state index in [9.17, 15) is 32.1 Å². The monoisotopic (exact) mass is 565 g/mol. The quantitative estimate of drug-likeness (QED) is 0.0530. The zero-order valence-corrected chi connectivity index (χ0v) is 23.5. The molecule has 38 heavy (non-hydrogen) atoms. The number of primary amides is 1. The molecule has 0 heterocycles. The van der Waals surface area contributed by atoms with Crippen molar-refractivity contribution in [3.05, 3.63) is 0 Å². The van der Waals surface area contributed by atoms with E-state index in [0.29, 0.717) is 6.42 Å². The number of rotatable bonds is 25. The van der Waals surface area contributed by atoms with Gasteiger partial charge in [-0.05, 0) is 6.42 Å². The SMILES string of the molecule is CCCCCCCCCCCCCCCCCCC(CC(=O)OCC(C(=O)O)C(=O)O)(C(N)=O)S(=O)(=O)O. The van der Waals surface area contributed by atoms with Gasteiger partial charge < -0.3 is 20.7 Å². The van der Waals surface area contributed by atoms with Crippen LogP contribution in [0.4, 0.5) is 0 Å². The van der Waals surface area contributed by atoms with Gasteiger partial charge in [0.15, 0.2) is 10.7 Å². The highest BCUT2D eigenvalue weighted by molar-refractivity contribution is 7.88. The summed E-state index contributed by atoms with van der Waals surface area (Å²) in [5.41, 5.74) is 5.25. The zero-order chi connectivity index (χ0) is 29.0. The molecule has 0 rings (SSSR count). The highest BCUT2D eigenvalue weighted by Gasteiger charge is 2.50. The van der Waals surface area contributed by atoms with Gasteiger partial charge in [-0.25, -0.2) is 0 Å². The Morgan fingerprint density at radius 2 is 1.11 bits per heavy atom. The molecule has 1 amide bonds. The summed E-state index contributed by atoms with van der Waals surface area (Å²) in [6, 6.07) is 0. The van der Waals surface area contributed by atoms with Crippen LogP contribution in [-0.2, 0) is 34.0 Å². The van der Waals surface area contributed by atoms with Crippen molar-refractivity contribution in [2.45, 2.75) is 127 Å². The van der Waals surface area contributed by atoms with E-state index in [-0.39, 0.29) is 6.42 Å². The molecular weight excluding hydrogens is 518 g/mol. The fourth-order valence-electron chi connectivity index (χ4n) is 4.31. The summed E-state index contributed by atoms with van der Waals surface area (Å²) in [6.45, 7) is 1.15. The molecule has 5 N–H and O–H groups in total. The number of ether oxygens (including phenoxy) is 1. The smallest absolute Gasteiger partial charge is 0.321 e. The zero-order valence-electron chi connectivity index (χ0n) is 22.7. The Hall–Kier alpha value is -2.21. The molecule has 0 aromatic carbocycles. The van der Waals surface area contributed by atoms with Crippen LogP contribution in [0.1, 0.15) is 122 Å². The molecule has 1 unspecified atom stereocenters. The Kier molecular flexibility index (Phi) is 18.6. The van der Waals surface area contributed by atoms with Crippen molar-refractivity contribution < 1.29 is 47.1 Å². The van der Waals surface area contributed by atoms with Crippen LogP contribution in [0.3, 0.4) is 0 Å². The van der Waals surface area contributed by atoms with Crippen LogP contribution >= 0.6 is 0 Å². The summed E-state index contributed by atoms with van der Waals surface area (Å²) in [7, 11) is -5.12. The van der Waals surface area contributed by atoms with E-state index in [1.165, 1.54) is 64.2 Å². The molecule has 1 atom stereocenters. The van der Waals surface area contributed by atoms with Crippen molar-refractivity contribution in [2.75, 3.05) is 6.61 Å². The second kappa shape index (κ2) is 19.8. The number of amides is 1. The van der Waals surface area contributed by atoms with Gasteiger partial charge in [-0.3, -0.25) is 23.7 Å². The number of carboxylic acid groups (broad SMARTS) is 2. The number of nitrogens with two attached hydrogens (primary N) is 1. The lowest BCUT2D eigenvalue weighted by Gasteiger charge is -2.26. The highest BCUT2D eigenvalue weighted by atomic mass is 32.2. The number of esters is 1. The highest BCUT2D eigenvalue weighted by Crippen LogP contribution is 2.29. The van der Waals surface area contributed by atoms with Crippen molar-refractivity contribution in [2.24, 2.45) is 11.7 Å². The van der Waals surface area contributed by atoms with E-state index in [1.807, 2.05) is 0 Å². The van der Waals surface area contributed by atoms with Crippen molar-refractivity contribution in [1.82, 2.24) is 0 Å². The third-order valence-corrected chi connectivity index (χ3v) is 8.35. The molecule has 11 nitrogen and oxygen atoms in total. The Labute approximate surface area is 226 Å². The maximum Gasteiger partial charge on any atom is 0.321 e. The van der Waals surface area contributed by atoms with Crippen molar-refractivity contribution in [3.8, 4) is 0 Å². The molecule has 0 aliphatic rings. The van der Waals surface area contributed by atoms with Crippen LogP contribution in [0, 0.1) is 5.92 Å². The van der Waals surface area contributed by atoms with E-state index in [4.69, 9.17) is 15.9 Å². The first kappa shape index (κ1) is 35.8. The predicted molar refractivity (Wildman–Crippen MR) is 142 cm³/mol. The van der Waals surface area contributed by atoms with Gasteiger partial charge in [0, 0.05) is 0 Å². The van der Waals surface area contributed by atoms with Crippen LogP contribution in [0.2, 0.25) is 0 Å². The van der Waals surface area contributed by atoms with Gasteiger partial charge in [-0.2, -0.15) is 8.42 Å². The molecule has 0 saturated carbocycles. The van der Waals surface area contributed by atoms with E-state index < -0.39 is 64.0 Å². The number of carboxylic acids is 2. The fourth-order valence-corrected chi connectivity index (χ4v) is 5.27. The lowest BCUT2D eigenvalue weighted by Crippen LogP contribution is -2.52. The summed E-state index contributed by atoms with van der Waals surface area (Å²) >= 11 is 0. The fraction of sp³-hybridized carbons (Fsp3) is 0.846. The van der Waals surface area contributed by atoms with Crippen molar-refractivity contribution in [3.63, 3.8) is 0 Å². The third-order valence-electron chi connectivity index (χ3n) is 6.81. The Morgan fingerprint density at radius 1 is 0.737 bits per heavy atom. The molecule has 0 bridgehead atoms. The van der Waals surface area contributed by atoms with Gasteiger partial charge >= 0.3 is 17.9 Å². The molecule has 12 heteroatoms. The molecule has 0 fully saturated rings. The first-order chi connectivity index (χ1) is 17.9. The van der Waals surface area contributed by atoms with Gasteiger partial charge in [0.1, 0.15) is 6.61 Å². The summed E-state index contributed by atoms with van der Waals surface area (Å²) in [5, 5.41) is 17.7. The first-order valence-corrected chi connectivity index (χ1v) is 15.2.